The van der Waals surface area contributed by atoms with Gasteiger partial charge < -0.3 is 14.4 Å². The van der Waals surface area contributed by atoms with Crippen LogP contribution in [0.3, 0.4) is 0 Å². The van der Waals surface area contributed by atoms with Crippen LogP contribution in [0.1, 0.15) is 32.1 Å². The van der Waals surface area contributed by atoms with Gasteiger partial charge in [0.05, 0.1) is 22.1 Å². The van der Waals surface area contributed by atoms with E-state index in [2.05, 4.69) is 15.5 Å². The summed E-state index contributed by atoms with van der Waals surface area (Å²) in [7, 11) is -3.92. The summed E-state index contributed by atoms with van der Waals surface area (Å²) in [5, 5.41) is 6.52. The van der Waals surface area contributed by atoms with Crippen LogP contribution < -0.4 is 16.0 Å². The Balaban J connectivity index is 0.000000696. The molecule has 1 amide bonds. The van der Waals surface area contributed by atoms with Crippen LogP contribution in [-0.4, -0.2) is 30.3 Å². The van der Waals surface area contributed by atoms with Gasteiger partial charge >= 0.3 is 5.82 Å². The molecule has 12 heteroatoms. The lowest BCUT2D eigenvalue weighted by molar-refractivity contribution is -0.406. The number of carbonyl (C=O) groups excluding carboxylic acids is 1. The van der Waals surface area contributed by atoms with E-state index >= 15 is 0 Å². The molecule has 0 unspecified atom stereocenters. The molecule has 0 radical (unpaired) electrons. The highest BCUT2D eigenvalue weighted by Gasteiger charge is 2.20. The van der Waals surface area contributed by atoms with Gasteiger partial charge in [0.2, 0.25) is 11.7 Å². The topological polar surface area (TPSA) is 152 Å². The Bertz CT molecular complexity index is 1230. The Labute approximate surface area is 189 Å². The lowest BCUT2D eigenvalue weighted by atomic mass is 9.93. The molecule has 3 rings (SSSR count). The van der Waals surface area contributed by atoms with E-state index in [1.54, 1.807) is 30.3 Å². The minimum absolute atomic E-state index is 0.0556. The normalized spacial score (nSPS) is 11.5. The zero-order chi connectivity index (χ0) is 25.0. The zero-order valence-electron chi connectivity index (χ0n) is 18.4. The van der Waals surface area contributed by atoms with Crippen LogP contribution >= 0.6 is 0 Å². The molecule has 0 aliphatic heterocycles. The number of amides is 1. The van der Waals surface area contributed by atoms with Crippen molar-refractivity contribution >= 4 is 27.7 Å². The number of H-pyrrole nitrogens is 1. The number of carbonyl (C=O) groups is 1. The summed E-state index contributed by atoms with van der Waals surface area (Å²) >= 11 is 0. The van der Waals surface area contributed by atoms with Gasteiger partial charge in [-0.3, -0.25) is 10.5 Å². The smallest absolute Gasteiger partial charge is 0.308 e. The number of nitrogens with one attached hydrogen (secondary N) is 2. The van der Waals surface area contributed by atoms with Crippen LogP contribution in [0, 0.1) is 11.8 Å². The number of nitrogen functional groups attached to an aromatic ring is 1. The standard InChI is InChI=1S/C20H20F2N4O2.CH4O3S/c1-20(2,3)15-10-16(26-28-15)24-17(27)8-11-4-6-12(7-5-11)13-9-14(21)19(23)25-18(13)22;1-5(2,3)4/h4-7,9-10H,8H2,1-3H3,(H2,23,25)(H,24,26,27);1H3,(H,2,3,4). The first-order valence-corrected chi connectivity index (χ1v) is 11.4. The Kier molecular flexibility index (Phi) is 7.88. The average Bonchev–Trinajstić information content (AvgIpc) is 3.13. The van der Waals surface area contributed by atoms with E-state index in [9.17, 15) is 13.6 Å². The average molecular weight is 483 g/mol. The summed E-state index contributed by atoms with van der Waals surface area (Å²) in [6.07, 6.45) is 0.704. The second-order valence-corrected chi connectivity index (χ2v) is 9.62. The number of aromatic nitrogens is 2. The van der Waals surface area contributed by atoms with E-state index in [-0.39, 0.29) is 29.1 Å². The van der Waals surface area contributed by atoms with Crippen LogP contribution in [0.25, 0.3) is 11.1 Å². The molecule has 0 aliphatic carbocycles. The molecule has 0 spiro atoms. The second-order valence-electron chi connectivity index (χ2n) is 8.21. The maximum absolute atomic E-state index is 14.0. The van der Waals surface area contributed by atoms with Crippen molar-refractivity contribution in [1.82, 2.24) is 5.16 Å². The summed E-state index contributed by atoms with van der Waals surface area (Å²) in [6, 6.07) is 9.28. The van der Waals surface area contributed by atoms with Crippen molar-refractivity contribution in [2.75, 3.05) is 17.3 Å². The summed E-state index contributed by atoms with van der Waals surface area (Å²) in [5.74, 6) is -1.08. The van der Waals surface area contributed by atoms with Crippen LogP contribution in [0.4, 0.5) is 20.4 Å². The van der Waals surface area contributed by atoms with Crippen molar-refractivity contribution in [3.05, 3.63) is 59.5 Å². The molecule has 0 saturated heterocycles. The molecule has 0 aliphatic rings. The highest BCUT2D eigenvalue weighted by Crippen LogP contribution is 2.25. The molecule has 4 N–H and O–H groups in total. The summed E-state index contributed by atoms with van der Waals surface area (Å²) in [4.78, 5) is 14.4. The molecule has 33 heavy (non-hydrogen) atoms. The van der Waals surface area contributed by atoms with Gasteiger partial charge in [-0.25, -0.2) is 13.4 Å². The Morgan fingerprint density at radius 1 is 1.21 bits per heavy atom. The highest BCUT2D eigenvalue weighted by molar-refractivity contribution is 7.84. The zero-order valence-corrected chi connectivity index (χ0v) is 19.2. The molecule has 0 bridgehead atoms. The third-order valence-electron chi connectivity index (χ3n) is 4.16. The monoisotopic (exact) mass is 482 g/mol. The molecular weight excluding hydrogens is 458 g/mol. The van der Waals surface area contributed by atoms with Crippen LogP contribution in [0.15, 0.2) is 40.9 Å². The number of halogens is 2. The molecule has 3 aromatic rings. The van der Waals surface area contributed by atoms with Crippen LogP contribution in [-0.2, 0) is 26.7 Å². The quantitative estimate of drug-likeness (QED) is 0.428. The number of rotatable bonds is 4. The Morgan fingerprint density at radius 3 is 2.30 bits per heavy atom. The van der Waals surface area contributed by atoms with E-state index in [1.807, 2.05) is 20.8 Å². The number of nitrogens with zero attached hydrogens (tertiary/aromatic N) is 1. The number of hydrogen-bond acceptors (Lipinski definition) is 7. The lowest BCUT2D eigenvalue weighted by Gasteiger charge is -2.12. The largest absolute Gasteiger partial charge is 0.748 e. The van der Waals surface area contributed by atoms with Crippen molar-refractivity contribution < 1.29 is 36.1 Å². The van der Waals surface area contributed by atoms with Crippen LogP contribution in [0.5, 0.6) is 0 Å². The van der Waals surface area contributed by atoms with Gasteiger partial charge in [-0.2, -0.15) is 8.78 Å². The molecule has 2 heterocycles. The molecule has 0 saturated carbocycles. The molecule has 0 fully saturated rings. The number of benzene rings is 1. The van der Waals surface area contributed by atoms with Crippen molar-refractivity contribution in [3.8, 4) is 11.1 Å². The minimum atomic E-state index is -3.92. The summed E-state index contributed by atoms with van der Waals surface area (Å²) < 4.78 is 60.0. The third-order valence-corrected chi connectivity index (χ3v) is 4.16. The van der Waals surface area contributed by atoms with Gasteiger partial charge in [0.15, 0.2) is 5.82 Å². The van der Waals surface area contributed by atoms with Crippen molar-refractivity contribution in [1.29, 1.82) is 0 Å². The van der Waals surface area contributed by atoms with Gasteiger partial charge in [0, 0.05) is 17.7 Å². The first-order chi connectivity index (χ1) is 15.1. The second kappa shape index (κ2) is 10.0. The van der Waals surface area contributed by atoms with E-state index in [4.69, 9.17) is 23.2 Å². The fourth-order valence-electron chi connectivity index (χ4n) is 2.59. The first-order valence-electron chi connectivity index (χ1n) is 9.57. The molecule has 2 aromatic heterocycles. The number of aromatic amines is 1. The SMILES string of the molecule is CC(C)(C)c1cc(NC(=O)Cc2ccc(-c3cc(F)c(N)[nH+]c3F)cc2)no1.CS(=O)(=O)[O-]. The molecule has 0 atom stereocenters. The molecular formula is C21H24F2N4O5S. The van der Waals surface area contributed by atoms with E-state index in [1.165, 1.54) is 0 Å². The molecule has 9 nitrogen and oxygen atoms in total. The molecule has 178 valence electrons. The van der Waals surface area contributed by atoms with Crippen LogP contribution in [0.2, 0.25) is 0 Å². The predicted molar refractivity (Wildman–Crippen MR) is 116 cm³/mol. The number of anilines is 2. The molecule has 1 aromatic carbocycles. The van der Waals surface area contributed by atoms with Gasteiger partial charge in [0.1, 0.15) is 5.76 Å². The fraction of sp³-hybridized carbons (Fsp3) is 0.286. The lowest BCUT2D eigenvalue weighted by Crippen LogP contribution is -2.18. The highest BCUT2D eigenvalue weighted by atomic mass is 32.2. The predicted octanol–water partition coefficient (Wildman–Crippen LogP) is 2.66. The number of hydrogen-bond donors (Lipinski definition) is 2. The number of nitrogens with two attached hydrogens (primary N) is 1. The van der Waals surface area contributed by atoms with Gasteiger partial charge in [-0.15, -0.1) is 0 Å². The van der Waals surface area contributed by atoms with Gasteiger partial charge in [0.25, 0.3) is 5.95 Å². The Hall–Kier alpha value is -3.38. The van der Waals surface area contributed by atoms with E-state index in [0.29, 0.717) is 29.0 Å². The number of pyridine rings is 1. The Morgan fingerprint density at radius 2 is 1.79 bits per heavy atom. The third kappa shape index (κ3) is 8.24. The van der Waals surface area contributed by atoms with E-state index in [0.717, 1.165) is 6.07 Å². The first kappa shape index (κ1) is 25.9. The van der Waals surface area contributed by atoms with Crippen molar-refractivity contribution in [2.45, 2.75) is 32.6 Å². The minimum Gasteiger partial charge on any atom is -0.748 e. The van der Waals surface area contributed by atoms with Gasteiger partial charge in [-0.1, -0.05) is 50.2 Å². The van der Waals surface area contributed by atoms with Crippen molar-refractivity contribution in [3.63, 3.8) is 0 Å². The maximum atomic E-state index is 14.0. The van der Waals surface area contributed by atoms with Gasteiger partial charge in [-0.05, 0) is 17.2 Å². The summed E-state index contributed by atoms with van der Waals surface area (Å²) in [6.45, 7) is 5.94. The maximum Gasteiger partial charge on any atom is 0.308 e. The fourth-order valence-corrected chi connectivity index (χ4v) is 2.59. The summed E-state index contributed by atoms with van der Waals surface area (Å²) in [5.41, 5.74) is 6.33. The van der Waals surface area contributed by atoms with E-state index < -0.39 is 21.9 Å². The van der Waals surface area contributed by atoms with Crippen molar-refractivity contribution in [2.24, 2.45) is 0 Å².